The fourth-order valence-electron chi connectivity index (χ4n) is 2.70. The van der Waals surface area contributed by atoms with Crippen LogP contribution in [0, 0.1) is 5.92 Å². The van der Waals surface area contributed by atoms with Gasteiger partial charge in [0.25, 0.3) is 5.91 Å². The minimum Gasteiger partial charge on any atom is -0.312 e. The van der Waals surface area contributed by atoms with E-state index >= 15 is 0 Å². The lowest BCUT2D eigenvalue weighted by molar-refractivity contribution is -0.126. The van der Waals surface area contributed by atoms with Crippen molar-refractivity contribution in [3.8, 4) is 0 Å². The van der Waals surface area contributed by atoms with Crippen molar-refractivity contribution < 1.29 is 14.4 Å². The molecule has 0 bridgehead atoms. The van der Waals surface area contributed by atoms with E-state index in [0.717, 1.165) is 5.69 Å². The number of hydrogen-bond donors (Lipinski definition) is 2. The van der Waals surface area contributed by atoms with Crippen molar-refractivity contribution in [1.29, 1.82) is 0 Å². The monoisotopic (exact) mass is 391 g/mol. The molecule has 26 heavy (non-hydrogen) atoms. The molecule has 1 aliphatic heterocycles. The molecule has 3 rings (SSSR count). The van der Waals surface area contributed by atoms with Crippen LogP contribution in [-0.4, -0.2) is 24.3 Å². The Morgan fingerprint density at radius 3 is 2.46 bits per heavy atom. The molecule has 0 radical (unpaired) electrons. The summed E-state index contributed by atoms with van der Waals surface area (Å²) in [6.07, 6.45) is 0.0816. The molecule has 0 spiro atoms. The number of benzene rings is 2. The third-order valence-electron chi connectivity index (χ3n) is 4.04. The number of rotatable bonds is 3. The fraction of sp³-hybridized carbons (Fsp3) is 0.167. The maximum Gasteiger partial charge on any atom is 0.271 e. The van der Waals surface area contributed by atoms with Gasteiger partial charge in [-0.2, -0.15) is 0 Å². The molecule has 6 nitrogen and oxygen atoms in total. The third-order valence-corrected chi connectivity index (χ3v) is 4.59. The minimum absolute atomic E-state index is 0.0816. The van der Waals surface area contributed by atoms with E-state index in [1.807, 2.05) is 30.3 Å². The quantitative estimate of drug-likeness (QED) is 0.789. The number of carbonyl (C=O) groups is 3. The highest BCUT2D eigenvalue weighted by molar-refractivity contribution is 6.36. The zero-order valence-electron chi connectivity index (χ0n) is 13.5. The highest BCUT2D eigenvalue weighted by Crippen LogP contribution is 2.25. The Balaban J connectivity index is 1.59. The maximum atomic E-state index is 12.3. The smallest absolute Gasteiger partial charge is 0.271 e. The molecule has 2 aromatic rings. The lowest BCUT2D eigenvalue weighted by Gasteiger charge is -2.16. The van der Waals surface area contributed by atoms with E-state index in [0.29, 0.717) is 5.02 Å². The van der Waals surface area contributed by atoms with Gasteiger partial charge in [-0.3, -0.25) is 25.2 Å². The molecule has 1 saturated heterocycles. The van der Waals surface area contributed by atoms with Gasteiger partial charge < -0.3 is 4.90 Å². The van der Waals surface area contributed by atoms with Gasteiger partial charge >= 0.3 is 0 Å². The molecule has 1 heterocycles. The Morgan fingerprint density at radius 1 is 1.04 bits per heavy atom. The third kappa shape index (κ3) is 3.98. The molecule has 8 heteroatoms. The van der Waals surface area contributed by atoms with Crippen LogP contribution in [0.25, 0.3) is 0 Å². The second-order valence-corrected chi connectivity index (χ2v) is 6.65. The zero-order chi connectivity index (χ0) is 18.7. The van der Waals surface area contributed by atoms with Crippen LogP contribution in [0.3, 0.4) is 0 Å². The summed E-state index contributed by atoms with van der Waals surface area (Å²) in [4.78, 5) is 38.1. The van der Waals surface area contributed by atoms with E-state index in [2.05, 4.69) is 10.9 Å². The van der Waals surface area contributed by atoms with Crippen LogP contribution >= 0.6 is 23.2 Å². The van der Waals surface area contributed by atoms with Crippen LogP contribution in [0.15, 0.2) is 48.5 Å². The molecular weight excluding hydrogens is 377 g/mol. The highest BCUT2D eigenvalue weighted by atomic mass is 35.5. The molecule has 1 fully saturated rings. The van der Waals surface area contributed by atoms with Gasteiger partial charge in [0.15, 0.2) is 0 Å². The van der Waals surface area contributed by atoms with E-state index < -0.39 is 17.7 Å². The van der Waals surface area contributed by atoms with Crippen molar-refractivity contribution >= 4 is 46.6 Å². The highest BCUT2D eigenvalue weighted by Gasteiger charge is 2.35. The summed E-state index contributed by atoms with van der Waals surface area (Å²) in [7, 11) is 0. The molecule has 3 amide bonds. The standard InChI is InChI=1S/C18H15Cl2N3O3/c19-12-6-7-14(15(20)9-12)18(26)22-21-17(25)11-8-16(24)23(10-11)13-4-2-1-3-5-13/h1-7,9,11H,8,10H2,(H,21,25)(H,22,26)/t11-/m0/s1. The average molecular weight is 392 g/mol. The predicted octanol–water partition coefficient (Wildman–Crippen LogP) is 2.81. The normalized spacial score (nSPS) is 16.5. The first kappa shape index (κ1) is 18.2. The first-order valence-corrected chi connectivity index (χ1v) is 8.62. The summed E-state index contributed by atoms with van der Waals surface area (Å²) in [5, 5.41) is 0.580. The summed E-state index contributed by atoms with van der Waals surface area (Å²) in [5.74, 6) is -1.69. The Kier molecular flexibility index (Phi) is 5.44. The molecule has 134 valence electrons. The summed E-state index contributed by atoms with van der Waals surface area (Å²) in [6, 6.07) is 13.5. The fourth-order valence-corrected chi connectivity index (χ4v) is 3.20. The molecule has 0 unspecified atom stereocenters. The maximum absolute atomic E-state index is 12.3. The summed E-state index contributed by atoms with van der Waals surface area (Å²) < 4.78 is 0. The summed E-state index contributed by atoms with van der Waals surface area (Å²) >= 11 is 11.8. The van der Waals surface area contributed by atoms with Crippen LogP contribution < -0.4 is 15.8 Å². The number of halogens is 2. The van der Waals surface area contributed by atoms with Gasteiger partial charge in [0.05, 0.1) is 16.5 Å². The Morgan fingerprint density at radius 2 is 1.77 bits per heavy atom. The molecule has 0 aromatic heterocycles. The molecule has 2 aromatic carbocycles. The van der Waals surface area contributed by atoms with Crippen molar-refractivity contribution in [2.45, 2.75) is 6.42 Å². The van der Waals surface area contributed by atoms with Gasteiger partial charge in [-0.05, 0) is 30.3 Å². The first-order valence-electron chi connectivity index (χ1n) is 7.86. The number of para-hydroxylation sites is 1. The number of hydrogen-bond acceptors (Lipinski definition) is 3. The second-order valence-electron chi connectivity index (χ2n) is 5.81. The molecule has 1 aliphatic rings. The van der Waals surface area contributed by atoms with E-state index in [-0.39, 0.29) is 29.5 Å². The first-order chi connectivity index (χ1) is 12.5. The van der Waals surface area contributed by atoms with Crippen LogP contribution in [-0.2, 0) is 9.59 Å². The van der Waals surface area contributed by atoms with Gasteiger partial charge in [-0.15, -0.1) is 0 Å². The molecule has 0 saturated carbocycles. The van der Waals surface area contributed by atoms with Crippen molar-refractivity contribution in [2.75, 3.05) is 11.4 Å². The van der Waals surface area contributed by atoms with Gasteiger partial charge in [0, 0.05) is 23.7 Å². The van der Waals surface area contributed by atoms with Gasteiger partial charge in [-0.1, -0.05) is 41.4 Å². The number of nitrogens with zero attached hydrogens (tertiary/aromatic N) is 1. The molecule has 2 N–H and O–H groups in total. The summed E-state index contributed by atoms with van der Waals surface area (Å²) in [5.41, 5.74) is 5.58. The molecule has 0 aliphatic carbocycles. The van der Waals surface area contributed by atoms with E-state index in [4.69, 9.17) is 23.2 Å². The minimum atomic E-state index is -0.566. The van der Waals surface area contributed by atoms with E-state index in [1.54, 1.807) is 4.90 Å². The lowest BCUT2D eigenvalue weighted by Crippen LogP contribution is -2.45. The number of carbonyl (C=O) groups excluding carboxylic acids is 3. The van der Waals surface area contributed by atoms with Gasteiger partial charge in [0.1, 0.15) is 0 Å². The van der Waals surface area contributed by atoms with Gasteiger partial charge in [0.2, 0.25) is 11.8 Å². The number of nitrogens with one attached hydrogen (secondary N) is 2. The van der Waals surface area contributed by atoms with Crippen molar-refractivity contribution in [3.05, 3.63) is 64.1 Å². The predicted molar refractivity (Wildman–Crippen MR) is 99.0 cm³/mol. The van der Waals surface area contributed by atoms with Crippen molar-refractivity contribution in [1.82, 2.24) is 10.9 Å². The Bertz CT molecular complexity index is 858. The van der Waals surface area contributed by atoms with Crippen molar-refractivity contribution in [3.63, 3.8) is 0 Å². The number of amides is 3. The second kappa shape index (κ2) is 7.76. The Labute approximate surface area is 160 Å². The topological polar surface area (TPSA) is 78.5 Å². The van der Waals surface area contributed by atoms with E-state index in [1.165, 1.54) is 18.2 Å². The van der Waals surface area contributed by atoms with Crippen LogP contribution in [0.1, 0.15) is 16.8 Å². The number of anilines is 1. The van der Waals surface area contributed by atoms with Crippen LogP contribution in [0.4, 0.5) is 5.69 Å². The van der Waals surface area contributed by atoms with Crippen molar-refractivity contribution in [2.24, 2.45) is 5.92 Å². The lowest BCUT2D eigenvalue weighted by atomic mass is 10.1. The zero-order valence-corrected chi connectivity index (χ0v) is 15.1. The summed E-state index contributed by atoms with van der Waals surface area (Å²) in [6.45, 7) is 0.256. The van der Waals surface area contributed by atoms with Crippen LogP contribution in [0.5, 0.6) is 0 Å². The van der Waals surface area contributed by atoms with Gasteiger partial charge in [-0.25, -0.2) is 0 Å². The van der Waals surface area contributed by atoms with Crippen LogP contribution in [0.2, 0.25) is 10.0 Å². The number of hydrazine groups is 1. The SMILES string of the molecule is O=C(NNC(=O)[C@H]1CC(=O)N(c2ccccc2)C1)c1ccc(Cl)cc1Cl. The van der Waals surface area contributed by atoms with E-state index in [9.17, 15) is 14.4 Å². The molecule has 1 atom stereocenters. The largest absolute Gasteiger partial charge is 0.312 e. The molecular formula is C18H15Cl2N3O3. The Hall–Kier alpha value is -2.57. The average Bonchev–Trinajstić information content (AvgIpc) is 3.02.